The van der Waals surface area contributed by atoms with E-state index in [0.29, 0.717) is 25.9 Å². The Morgan fingerprint density at radius 1 is 1.12 bits per heavy atom. The first-order valence-corrected chi connectivity index (χ1v) is 9.11. The Morgan fingerprint density at radius 3 is 2.23 bits per heavy atom. The van der Waals surface area contributed by atoms with Gasteiger partial charge in [-0.15, -0.1) is 0 Å². The van der Waals surface area contributed by atoms with E-state index in [-0.39, 0.29) is 18.7 Å². The van der Waals surface area contributed by atoms with Crippen molar-refractivity contribution in [1.29, 1.82) is 0 Å². The Hall–Kier alpha value is -2.24. The molecule has 0 bridgehead atoms. The van der Waals surface area contributed by atoms with Gasteiger partial charge in [-0.05, 0) is 53.0 Å². The number of aryl methyl sites for hydroxylation is 2. The van der Waals surface area contributed by atoms with Crippen molar-refractivity contribution in [2.24, 2.45) is 0 Å². The van der Waals surface area contributed by atoms with Crippen molar-refractivity contribution >= 4 is 12.2 Å². The fraction of sp³-hybridized carbons (Fsp3) is 0.600. The van der Waals surface area contributed by atoms with Crippen LogP contribution in [0.3, 0.4) is 0 Å². The number of nitrogens with zero attached hydrogens (tertiary/aromatic N) is 1. The zero-order valence-corrected chi connectivity index (χ0v) is 16.4. The summed E-state index contributed by atoms with van der Waals surface area (Å²) in [5.74, 6) is 0. The lowest BCUT2D eigenvalue weighted by Gasteiger charge is -2.32. The van der Waals surface area contributed by atoms with Crippen LogP contribution in [0.15, 0.2) is 18.2 Å². The van der Waals surface area contributed by atoms with E-state index in [4.69, 9.17) is 9.47 Å². The largest absolute Gasteiger partial charge is 0.445 e. The highest BCUT2D eigenvalue weighted by molar-refractivity contribution is 5.69. The van der Waals surface area contributed by atoms with E-state index in [9.17, 15) is 9.59 Å². The first kappa shape index (κ1) is 20.1. The van der Waals surface area contributed by atoms with Gasteiger partial charge in [-0.25, -0.2) is 9.59 Å². The molecule has 1 fully saturated rings. The summed E-state index contributed by atoms with van der Waals surface area (Å²) >= 11 is 0. The second kappa shape index (κ2) is 8.43. The molecule has 0 spiro atoms. The minimum absolute atomic E-state index is 0.0216. The van der Waals surface area contributed by atoms with Gasteiger partial charge in [-0.2, -0.15) is 0 Å². The van der Waals surface area contributed by atoms with Crippen molar-refractivity contribution in [2.45, 2.75) is 65.7 Å². The molecule has 2 rings (SSSR count). The van der Waals surface area contributed by atoms with Crippen LogP contribution in [0.4, 0.5) is 9.59 Å². The van der Waals surface area contributed by atoms with Crippen molar-refractivity contribution < 1.29 is 19.1 Å². The minimum Gasteiger partial charge on any atom is -0.445 e. The van der Waals surface area contributed by atoms with E-state index in [2.05, 4.69) is 11.4 Å². The van der Waals surface area contributed by atoms with Crippen LogP contribution in [-0.4, -0.2) is 41.8 Å². The average Bonchev–Trinajstić information content (AvgIpc) is 2.50. The number of hydrogen-bond acceptors (Lipinski definition) is 4. The molecule has 0 aliphatic carbocycles. The van der Waals surface area contributed by atoms with Gasteiger partial charge in [0.05, 0.1) is 0 Å². The third-order valence-corrected chi connectivity index (χ3v) is 4.12. The van der Waals surface area contributed by atoms with Gasteiger partial charge in [0, 0.05) is 19.1 Å². The van der Waals surface area contributed by atoms with Gasteiger partial charge >= 0.3 is 12.2 Å². The number of carbonyl (C=O) groups is 2. The van der Waals surface area contributed by atoms with Gasteiger partial charge in [0.25, 0.3) is 0 Å². The fourth-order valence-electron chi connectivity index (χ4n) is 3.07. The van der Waals surface area contributed by atoms with Gasteiger partial charge in [-0.3, -0.25) is 0 Å². The fourth-order valence-corrected chi connectivity index (χ4v) is 3.07. The molecule has 144 valence electrons. The predicted octanol–water partition coefficient (Wildman–Crippen LogP) is 3.93. The van der Waals surface area contributed by atoms with E-state index < -0.39 is 11.7 Å². The molecular formula is C20H30N2O4. The molecule has 0 saturated carbocycles. The number of benzene rings is 1. The second-order valence-electron chi connectivity index (χ2n) is 7.96. The molecule has 6 nitrogen and oxygen atoms in total. The molecule has 1 aromatic carbocycles. The first-order valence-electron chi connectivity index (χ1n) is 9.11. The number of amides is 2. The number of likely N-dealkylation sites (tertiary alicyclic amines) is 1. The van der Waals surface area contributed by atoms with Crippen LogP contribution >= 0.6 is 0 Å². The molecule has 2 amide bonds. The number of alkyl carbamates (subject to hydrolysis) is 1. The standard InChI is InChI=1S/C20H30N2O4/c1-14-10-15(2)12-16(11-14)13-25-19(24)22-8-6-17(7-9-22)21-18(23)26-20(3,4)5/h10-12,17H,6-9,13H2,1-5H3,(H,21,23). The van der Waals surface area contributed by atoms with Crippen molar-refractivity contribution in [1.82, 2.24) is 10.2 Å². The normalized spacial score (nSPS) is 15.5. The van der Waals surface area contributed by atoms with Crippen LogP contribution in [-0.2, 0) is 16.1 Å². The zero-order chi connectivity index (χ0) is 19.3. The summed E-state index contributed by atoms with van der Waals surface area (Å²) in [6, 6.07) is 6.16. The lowest BCUT2D eigenvalue weighted by atomic mass is 10.1. The molecule has 6 heteroatoms. The number of ether oxygens (including phenoxy) is 2. The summed E-state index contributed by atoms with van der Waals surface area (Å²) in [5.41, 5.74) is 2.80. The molecule has 1 aromatic rings. The Morgan fingerprint density at radius 2 is 1.69 bits per heavy atom. The van der Waals surface area contributed by atoms with Gasteiger partial charge < -0.3 is 19.7 Å². The van der Waals surface area contributed by atoms with E-state index in [1.54, 1.807) is 4.90 Å². The Labute approximate surface area is 155 Å². The van der Waals surface area contributed by atoms with Crippen LogP contribution in [0, 0.1) is 13.8 Å². The maximum atomic E-state index is 12.2. The summed E-state index contributed by atoms with van der Waals surface area (Å²) in [6.07, 6.45) is 0.670. The van der Waals surface area contributed by atoms with Crippen LogP contribution in [0.25, 0.3) is 0 Å². The molecule has 26 heavy (non-hydrogen) atoms. The predicted molar refractivity (Wildman–Crippen MR) is 100 cm³/mol. The lowest BCUT2D eigenvalue weighted by Crippen LogP contribution is -2.47. The minimum atomic E-state index is -0.511. The first-order chi connectivity index (χ1) is 12.1. The van der Waals surface area contributed by atoms with Gasteiger partial charge in [0.1, 0.15) is 12.2 Å². The third kappa shape index (κ3) is 6.58. The molecule has 0 atom stereocenters. The van der Waals surface area contributed by atoms with E-state index in [1.165, 1.54) is 0 Å². The molecule has 0 radical (unpaired) electrons. The van der Waals surface area contributed by atoms with Crippen molar-refractivity contribution in [2.75, 3.05) is 13.1 Å². The van der Waals surface area contributed by atoms with Crippen LogP contribution in [0.1, 0.15) is 50.3 Å². The van der Waals surface area contributed by atoms with E-state index in [1.807, 2.05) is 46.8 Å². The number of rotatable bonds is 3. The third-order valence-electron chi connectivity index (χ3n) is 4.12. The summed E-state index contributed by atoms with van der Waals surface area (Å²) in [4.78, 5) is 25.8. The summed E-state index contributed by atoms with van der Waals surface area (Å²) in [6.45, 7) is 11.0. The topological polar surface area (TPSA) is 67.9 Å². The van der Waals surface area contributed by atoms with Crippen molar-refractivity contribution in [3.8, 4) is 0 Å². The van der Waals surface area contributed by atoms with Gasteiger partial charge in [0.15, 0.2) is 0 Å². The number of hydrogen-bond donors (Lipinski definition) is 1. The smallest absolute Gasteiger partial charge is 0.410 e. The van der Waals surface area contributed by atoms with Crippen LogP contribution in [0.5, 0.6) is 0 Å². The quantitative estimate of drug-likeness (QED) is 0.885. The second-order valence-corrected chi connectivity index (χ2v) is 7.96. The molecule has 1 aliphatic heterocycles. The summed E-state index contributed by atoms with van der Waals surface area (Å²) < 4.78 is 10.7. The van der Waals surface area contributed by atoms with Gasteiger partial charge in [0.2, 0.25) is 0 Å². The molecule has 1 N–H and O–H groups in total. The Bertz CT molecular complexity index is 623. The zero-order valence-electron chi connectivity index (χ0n) is 16.4. The highest BCUT2D eigenvalue weighted by Crippen LogP contribution is 2.15. The van der Waals surface area contributed by atoms with Crippen molar-refractivity contribution in [3.63, 3.8) is 0 Å². The average molecular weight is 362 g/mol. The molecule has 0 aromatic heterocycles. The molecular weight excluding hydrogens is 332 g/mol. The maximum Gasteiger partial charge on any atom is 0.410 e. The summed E-state index contributed by atoms with van der Waals surface area (Å²) in [7, 11) is 0. The molecule has 1 aliphatic rings. The number of carbonyl (C=O) groups excluding carboxylic acids is 2. The van der Waals surface area contributed by atoms with E-state index >= 15 is 0 Å². The molecule has 1 saturated heterocycles. The number of piperidine rings is 1. The SMILES string of the molecule is Cc1cc(C)cc(COC(=O)N2CCC(NC(=O)OC(C)(C)C)CC2)c1. The maximum absolute atomic E-state index is 12.2. The van der Waals surface area contributed by atoms with Crippen molar-refractivity contribution in [3.05, 3.63) is 34.9 Å². The Balaban J connectivity index is 1.75. The molecule has 1 heterocycles. The number of nitrogens with one attached hydrogen (secondary N) is 1. The molecule has 0 unspecified atom stereocenters. The van der Waals surface area contributed by atoms with Crippen LogP contribution < -0.4 is 5.32 Å². The highest BCUT2D eigenvalue weighted by Gasteiger charge is 2.26. The monoisotopic (exact) mass is 362 g/mol. The summed E-state index contributed by atoms with van der Waals surface area (Å²) in [5, 5.41) is 2.87. The Kier molecular flexibility index (Phi) is 6.51. The lowest BCUT2D eigenvalue weighted by molar-refractivity contribution is 0.0471. The highest BCUT2D eigenvalue weighted by atomic mass is 16.6. The van der Waals surface area contributed by atoms with E-state index in [0.717, 1.165) is 16.7 Å². The van der Waals surface area contributed by atoms with Crippen LogP contribution in [0.2, 0.25) is 0 Å². The van der Waals surface area contributed by atoms with Gasteiger partial charge in [-0.1, -0.05) is 29.3 Å².